The number of aromatic nitrogens is 3. The van der Waals surface area contributed by atoms with Crippen molar-refractivity contribution in [3.8, 4) is 0 Å². The molecular formula is C20H21N5O. The molecule has 6 nitrogen and oxygen atoms in total. The Balaban J connectivity index is 1.54. The van der Waals surface area contributed by atoms with Gasteiger partial charge in [-0.1, -0.05) is 60.7 Å². The average molecular weight is 347 g/mol. The third-order valence-corrected chi connectivity index (χ3v) is 4.52. The van der Waals surface area contributed by atoms with Gasteiger partial charge in [0, 0.05) is 6.04 Å². The van der Waals surface area contributed by atoms with Gasteiger partial charge in [-0.15, -0.1) is 5.10 Å². The van der Waals surface area contributed by atoms with Crippen molar-refractivity contribution in [2.45, 2.75) is 31.8 Å². The zero-order valence-electron chi connectivity index (χ0n) is 14.6. The van der Waals surface area contributed by atoms with E-state index in [9.17, 15) is 4.79 Å². The highest BCUT2D eigenvalue weighted by Crippen LogP contribution is 2.31. The zero-order valence-corrected chi connectivity index (χ0v) is 14.6. The van der Waals surface area contributed by atoms with Crippen LogP contribution in [0.3, 0.4) is 0 Å². The fourth-order valence-electron chi connectivity index (χ4n) is 3.31. The minimum absolute atomic E-state index is 0.106. The summed E-state index contributed by atoms with van der Waals surface area (Å²) in [4.78, 5) is 16.8. The number of nitrogens with zero attached hydrogens (tertiary/aromatic N) is 3. The van der Waals surface area contributed by atoms with E-state index in [1.165, 1.54) is 5.56 Å². The maximum absolute atomic E-state index is 12.3. The van der Waals surface area contributed by atoms with Crippen LogP contribution in [0.2, 0.25) is 0 Å². The van der Waals surface area contributed by atoms with Crippen LogP contribution in [-0.2, 0) is 11.2 Å². The predicted octanol–water partition coefficient (Wildman–Crippen LogP) is 3.25. The van der Waals surface area contributed by atoms with Crippen LogP contribution in [0, 0.1) is 0 Å². The molecule has 3 aromatic rings. The summed E-state index contributed by atoms with van der Waals surface area (Å²) in [6, 6.07) is 20.3. The van der Waals surface area contributed by atoms with Gasteiger partial charge in [0.1, 0.15) is 0 Å². The maximum atomic E-state index is 12.3. The number of amides is 1. The Kier molecular flexibility index (Phi) is 4.39. The molecule has 1 amide bonds. The van der Waals surface area contributed by atoms with Gasteiger partial charge >= 0.3 is 0 Å². The molecule has 2 heterocycles. The molecule has 0 spiro atoms. The van der Waals surface area contributed by atoms with Crippen LogP contribution in [0.5, 0.6) is 0 Å². The molecule has 1 aliphatic heterocycles. The third kappa shape index (κ3) is 3.44. The van der Waals surface area contributed by atoms with Crippen LogP contribution in [-0.4, -0.2) is 26.7 Å². The van der Waals surface area contributed by atoms with Crippen molar-refractivity contribution in [1.82, 2.24) is 14.8 Å². The van der Waals surface area contributed by atoms with Crippen LogP contribution in [0.25, 0.3) is 0 Å². The van der Waals surface area contributed by atoms with Crippen molar-refractivity contribution in [3.63, 3.8) is 0 Å². The Morgan fingerprint density at radius 1 is 1.15 bits per heavy atom. The van der Waals surface area contributed by atoms with Gasteiger partial charge in [0.25, 0.3) is 5.95 Å². The number of carbonyl (C=O) groups is 1. The highest BCUT2D eigenvalue weighted by Gasteiger charge is 2.28. The second-order valence-corrected chi connectivity index (χ2v) is 6.62. The van der Waals surface area contributed by atoms with E-state index in [1.807, 2.05) is 53.2 Å². The van der Waals surface area contributed by atoms with E-state index in [0.29, 0.717) is 18.3 Å². The Bertz CT molecular complexity index is 891. The monoisotopic (exact) mass is 347 g/mol. The van der Waals surface area contributed by atoms with E-state index >= 15 is 0 Å². The number of hydrogen-bond acceptors (Lipinski definition) is 4. The summed E-state index contributed by atoms with van der Waals surface area (Å²) in [7, 11) is 0. The number of fused-ring (bicyclic) bond motifs is 1. The quantitative estimate of drug-likeness (QED) is 0.760. The van der Waals surface area contributed by atoms with E-state index in [1.54, 1.807) is 0 Å². The Morgan fingerprint density at radius 2 is 1.85 bits per heavy atom. The van der Waals surface area contributed by atoms with Gasteiger partial charge in [-0.25, -0.2) is 4.68 Å². The second kappa shape index (κ2) is 7.00. The zero-order chi connectivity index (χ0) is 17.9. The molecule has 0 saturated carbocycles. The lowest BCUT2D eigenvalue weighted by Crippen LogP contribution is -2.31. The molecule has 2 N–H and O–H groups in total. The van der Waals surface area contributed by atoms with Crippen molar-refractivity contribution in [2.24, 2.45) is 0 Å². The highest BCUT2D eigenvalue weighted by atomic mass is 16.1. The Morgan fingerprint density at radius 3 is 2.58 bits per heavy atom. The molecule has 26 heavy (non-hydrogen) atoms. The number of hydrogen-bond donors (Lipinski definition) is 2. The van der Waals surface area contributed by atoms with Gasteiger partial charge in [-0.2, -0.15) is 4.98 Å². The summed E-state index contributed by atoms with van der Waals surface area (Å²) < 4.78 is 1.87. The smallest absolute Gasteiger partial charge is 0.250 e. The molecule has 0 aliphatic carbocycles. The summed E-state index contributed by atoms with van der Waals surface area (Å²) in [5.74, 6) is 0.902. The minimum atomic E-state index is -0.122. The fraction of sp³-hybridized carbons (Fsp3) is 0.250. The van der Waals surface area contributed by atoms with E-state index in [-0.39, 0.29) is 18.0 Å². The number of rotatable bonds is 4. The molecule has 2 aromatic carbocycles. The molecule has 0 saturated heterocycles. The Hall–Kier alpha value is -3.15. The van der Waals surface area contributed by atoms with Crippen LogP contribution < -0.4 is 10.6 Å². The standard InChI is InChI=1S/C20H21N5O/c1-14-12-17(16-10-6-3-7-11-16)25-20(21-14)23-19(24-25)22-18(26)13-15-8-4-2-5-9-15/h2-11,14,17H,12-13H2,1H3,(H2,21,22,23,24,26)/t14-,17-/m1/s1. The van der Waals surface area contributed by atoms with Crippen LogP contribution in [0.15, 0.2) is 60.7 Å². The van der Waals surface area contributed by atoms with Crippen molar-refractivity contribution in [1.29, 1.82) is 0 Å². The predicted molar refractivity (Wildman–Crippen MR) is 101 cm³/mol. The molecule has 0 bridgehead atoms. The van der Waals surface area contributed by atoms with E-state index in [4.69, 9.17) is 0 Å². The molecule has 6 heteroatoms. The van der Waals surface area contributed by atoms with Gasteiger partial charge in [0.15, 0.2) is 0 Å². The first-order chi connectivity index (χ1) is 12.7. The summed E-state index contributed by atoms with van der Waals surface area (Å²) in [6.45, 7) is 2.13. The lowest BCUT2D eigenvalue weighted by atomic mass is 9.99. The molecule has 2 atom stereocenters. The van der Waals surface area contributed by atoms with Crippen molar-refractivity contribution < 1.29 is 4.79 Å². The van der Waals surface area contributed by atoms with Crippen molar-refractivity contribution in [3.05, 3.63) is 71.8 Å². The summed E-state index contributed by atoms with van der Waals surface area (Å²) in [6.07, 6.45) is 1.22. The van der Waals surface area contributed by atoms with Crippen LogP contribution in [0.4, 0.5) is 11.9 Å². The average Bonchev–Trinajstić information content (AvgIpc) is 3.04. The maximum Gasteiger partial charge on any atom is 0.250 e. The molecule has 132 valence electrons. The molecule has 1 aliphatic rings. The second-order valence-electron chi connectivity index (χ2n) is 6.62. The number of carbonyl (C=O) groups excluding carboxylic acids is 1. The first kappa shape index (κ1) is 16.3. The first-order valence-corrected chi connectivity index (χ1v) is 8.81. The van der Waals surface area contributed by atoms with Crippen LogP contribution >= 0.6 is 0 Å². The summed E-state index contributed by atoms with van der Waals surface area (Å²) in [5, 5.41) is 10.7. The summed E-state index contributed by atoms with van der Waals surface area (Å²) >= 11 is 0. The fourth-order valence-corrected chi connectivity index (χ4v) is 3.31. The molecule has 1 aromatic heterocycles. The number of benzene rings is 2. The van der Waals surface area contributed by atoms with Gasteiger partial charge in [-0.05, 0) is 24.5 Å². The molecular weight excluding hydrogens is 326 g/mol. The number of anilines is 2. The topological polar surface area (TPSA) is 71.8 Å². The lowest BCUT2D eigenvalue weighted by Gasteiger charge is -2.29. The molecule has 0 radical (unpaired) electrons. The first-order valence-electron chi connectivity index (χ1n) is 8.81. The molecule has 4 rings (SSSR count). The van der Waals surface area contributed by atoms with Crippen molar-refractivity contribution in [2.75, 3.05) is 10.6 Å². The minimum Gasteiger partial charge on any atom is -0.352 e. The lowest BCUT2D eigenvalue weighted by molar-refractivity contribution is -0.115. The Labute approximate surface area is 152 Å². The molecule has 0 unspecified atom stereocenters. The van der Waals surface area contributed by atoms with Gasteiger partial charge in [-0.3, -0.25) is 10.1 Å². The molecule has 0 fully saturated rings. The number of nitrogens with one attached hydrogen (secondary N) is 2. The van der Waals surface area contributed by atoms with Crippen molar-refractivity contribution >= 4 is 17.8 Å². The van der Waals surface area contributed by atoms with E-state index in [2.05, 4.69) is 39.8 Å². The largest absolute Gasteiger partial charge is 0.352 e. The summed E-state index contributed by atoms with van der Waals surface area (Å²) in [5.41, 5.74) is 2.15. The van der Waals surface area contributed by atoms with Gasteiger partial charge < -0.3 is 5.32 Å². The SMILES string of the molecule is C[C@@H]1C[C@H](c2ccccc2)n2nc(NC(=O)Cc3ccccc3)nc2N1. The highest BCUT2D eigenvalue weighted by molar-refractivity contribution is 5.90. The normalized spacial score (nSPS) is 18.7. The van der Waals surface area contributed by atoms with Gasteiger partial charge in [0.05, 0.1) is 12.5 Å². The van der Waals surface area contributed by atoms with Crippen LogP contribution in [0.1, 0.15) is 30.5 Å². The third-order valence-electron chi connectivity index (χ3n) is 4.52. The van der Waals surface area contributed by atoms with Gasteiger partial charge in [0.2, 0.25) is 11.9 Å². The van der Waals surface area contributed by atoms with E-state index in [0.717, 1.165) is 12.0 Å². The van der Waals surface area contributed by atoms with E-state index < -0.39 is 0 Å².